The van der Waals surface area contributed by atoms with Crippen LogP contribution in [-0.4, -0.2) is 13.2 Å². The molecule has 1 rings (SSSR count). The van der Waals surface area contributed by atoms with Crippen LogP contribution in [0.2, 0.25) is 0 Å². The summed E-state index contributed by atoms with van der Waals surface area (Å²) in [6.45, 7) is 1.88. The largest absolute Gasteiger partial charge is 0.375 e. The lowest BCUT2D eigenvalue weighted by atomic mass is 10.5. The fraction of sp³-hybridized carbons (Fsp3) is 0.429. The van der Waals surface area contributed by atoms with Crippen molar-refractivity contribution < 1.29 is 4.74 Å². The van der Waals surface area contributed by atoms with Gasteiger partial charge in [0.25, 0.3) is 0 Å². The minimum Gasteiger partial charge on any atom is -0.375 e. The molecular formula is C7H10BrNOS. The van der Waals surface area contributed by atoms with Crippen molar-refractivity contribution in [3.05, 3.63) is 20.8 Å². The molecule has 0 spiro atoms. The fourth-order valence-corrected chi connectivity index (χ4v) is 2.08. The van der Waals surface area contributed by atoms with Crippen molar-refractivity contribution in [1.29, 1.82) is 0 Å². The van der Waals surface area contributed by atoms with Crippen molar-refractivity contribution in [3.63, 3.8) is 0 Å². The minimum absolute atomic E-state index is 0.586. The summed E-state index contributed by atoms with van der Waals surface area (Å²) in [5.74, 6) is 0. The van der Waals surface area contributed by atoms with E-state index >= 15 is 0 Å². The Morgan fingerprint density at radius 2 is 2.45 bits per heavy atom. The molecule has 0 aromatic carbocycles. The third-order valence-electron chi connectivity index (χ3n) is 1.19. The normalized spacial score (nSPS) is 10.4. The van der Waals surface area contributed by atoms with Crippen LogP contribution in [0.15, 0.2) is 15.9 Å². The first kappa shape index (κ1) is 9.19. The Morgan fingerprint density at radius 3 is 3.00 bits per heavy atom. The average molecular weight is 236 g/mol. The number of ether oxygens (including phenoxy) is 1. The molecule has 0 aliphatic heterocycles. The summed E-state index contributed by atoms with van der Waals surface area (Å²) in [5.41, 5.74) is 5.27. The molecule has 0 saturated heterocycles. The molecule has 0 amide bonds. The number of hydrogen-bond donors (Lipinski definition) is 1. The summed E-state index contributed by atoms with van der Waals surface area (Å²) in [5, 5.41) is 2.03. The van der Waals surface area contributed by atoms with Crippen LogP contribution in [0, 0.1) is 0 Å². The summed E-state index contributed by atoms with van der Waals surface area (Å²) < 4.78 is 6.39. The molecular weight excluding hydrogens is 226 g/mol. The van der Waals surface area contributed by atoms with Crippen molar-refractivity contribution in [3.8, 4) is 0 Å². The predicted molar refractivity (Wildman–Crippen MR) is 50.7 cm³/mol. The zero-order chi connectivity index (χ0) is 8.10. The summed E-state index contributed by atoms with van der Waals surface area (Å²) in [6.07, 6.45) is 0. The summed E-state index contributed by atoms with van der Waals surface area (Å²) >= 11 is 5.10. The smallest absolute Gasteiger partial charge is 0.0821 e. The van der Waals surface area contributed by atoms with E-state index in [0.29, 0.717) is 19.8 Å². The number of nitrogens with two attached hydrogens (primary N) is 1. The minimum atomic E-state index is 0.586. The van der Waals surface area contributed by atoms with Gasteiger partial charge in [-0.15, -0.1) is 11.3 Å². The molecule has 0 bridgehead atoms. The van der Waals surface area contributed by atoms with E-state index in [0.717, 1.165) is 4.47 Å². The van der Waals surface area contributed by atoms with E-state index in [1.807, 2.05) is 11.4 Å². The lowest BCUT2D eigenvalue weighted by molar-refractivity contribution is 0.130. The highest BCUT2D eigenvalue weighted by molar-refractivity contribution is 9.10. The van der Waals surface area contributed by atoms with Gasteiger partial charge in [0.2, 0.25) is 0 Å². The second kappa shape index (κ2) is 4.87. The topological polar surface area (TPSA) is 35.2 Å². The maximum Gasteiger partial charge on any atom is 0.0821 e. The Balaban J connectivity index is 2.32. The number of hydrogen-bond acceptors (Lipinski definition) is 3. The summed E-state index contributed by atoms with van der Waals surface area (Å²) in [6, 6.07) is 2.02. The van der Waals surface area contributed by atoms with Crippen molar-refractivity contribution in [2.24, 2.45) is 5.73 Å². The van der Waals surface area contributed by atoms with Crippen LogP contribution < -0.4 is 5.73 Å². The van der Waals surface area contributed by atoms with Crippen LogP contribution in [0.25, 0.3) is 0 Å². The van der Waals surface area contributed by atoms with Crippen LogP contribution in [0.3, 0.4) is 0 Å². The van der Waals surface area contributed by atoms with E-state index in [1.165, 1.54) is 4.88 Å². The highest BCUT2D eigenvalue weighted by Crippen LogP contribution is 2.22. The summed E-state index contributed by atoms with van der Waals surface area (Å²) in [4.78, 5) is 1.22. The van der Waals surface area contributed by atoms with Gasteiger partial charge in [-0.2, -0.15) is 0 Å². The molecule has 0 unspecified atom stereocenters. The molecule has 0 aliphatic carbocycles. The highest BCUT2D eigenvalue weighted by atomic mass is 79.9. The lowest BCUT2D eigenvalue weighted by Crippen LogP contribution is -2.07. The van der Waals surface area contributed by atoms with E-state index in [9.17, 15) is 0 Å². The lowest BCUT2D eigenvalue weighted by Gasteiger charge is -1.99. The Kier molecular flexibility index (Phi) is 4.07. The van der Waals surface area contributed by atoms with Gasteiger partial charge in [0.15, 0.2) is 0 Å². The molecule has 4 heteroatoms. The third-order valence-corrected chi connectivity index (χ3v) is 3.09. The average Bonchev–Trinajstić information content (AvgIpc) is 2.37. The van der Waals surface area contributed by atoms with Crippen LogP contribution in [0.4, 0.5) is 0 Å². The Morgan fingerprint density at radius 1 is 1.64 bits per heavy atom. The molecule has 62 valence electrons. The maximum absolute atomic E-state index is 5.27. The fourth-order valence-electron chi connectivity index (χ4n) is 0.676. The molecule has 0 radical (unpaired) electrons. The van der Waals surface area contributed by atoms with Gasteiger partial charge in [-0.25, -0.2) is 0 Å². The Labute approximate surface area is 78.5 Å². The molecule has 0 fully saturated rings. The molecule has 0 saturated carbocycles. The van der Waals surface area contributed by atoms with Gasteiger partial charge in [0.05, 0.1) is 13.2 Å². The maximum atomic E-state index is 5.27. The third kappa shape index (κ3) is 2.91. The molecule has 2 nitrogen and oxygen atoms in total. The van der Waals surface area contributed by atoms with Crippen molar-refractivity contribution in [2.75, 3.05) is 13.2 Å². The van der Waals surface area contributed by atoms with Crippen LogP contribution in [0.5, 0.6) is 0 Å². The molecule has 1 heterocycles. The molecule has 0 atom stereocenters. The van der Waals surface area contributed by atoms with Gasteiger partial charge >= 0.3 is 0 Å². The number of rotatable bonds is 4. The zero-order valence-electron chi connectivity index (χ0n) is 6.05. The van der Waals surface area contributed by atoms with Crippen LogP contribution in [-0.2, 0) is 11.3 Å². The Hall–Kier alpha value is 0.100. The molecule has 1 aromatic rings. The van der Waals surface area contributed by atoms with Gasteiger partial charge in [-0.3, -0.25) is 0 Å². The SMILES string of the molecule is NCCOCc1sccc1Br. The van der Waals surface area contributed by atoms with E-state index in [2.05, 4.69) is 15.9 Å². The quantitative estimate of drug-likeness (QED) is 0.811. The first-order chi connectivity index (χ1) is 5.34. The molecule has 11 heavy (non-hydrogen) atoms. The first-order valence-electron chi connectivity index (χ1n) is 3.34. The van der Waals surface area contributed by atoms with Gasteiger partial charge in [0.1, 0.15) is 0 Å². The Bertz CT molecular complexity index is 214. The second-order valence-corrected chi connectivity index (χ2v) is 3.89. The van der Waals surface area contributed by atoms with Crippen LogP contribution in [0.1, 0.15) is 4.88 Å². The van der Waals surface area contributed by atoms with E-state index in [1.54, 1.807) is 11.3 Å². The first-order valence-corrected chi connectivity index (χ1v) is 5.01. The van der Waals surface area contributed by atoms with Gasteiger partial charge < -0.3 is 10.5 Å². The number of thiophene rings is 1. The van der Waals surface area contributed by atoms with E-state index in [-0.39, 0.29) is 0 Å². The van der Waals surface area contributed by atoms with E-state index in [4.69, 9.17) is 10.5 Å². The van der Waals surface area contributed by atoms with Crippen molar-refractivity contribution in [1.82, 2.24) is 0 Å². The molecule has 2 N–H and O–H groups in total. The van der Waals surface area contributed by atoms with Gasteiger partial charge in [-0.05, 0) is 27.4 Å². The van der Waals surface area contributed by atoms with Gasteiger partial charge in [-0.1, -0.05) is 0 Å². The van der Waals surface area contributed by atoms with E-state index < -0.39 is 0 Å². The standard InChI is InChI=1S/C7H10BrNOS/c8-6-1-4-11-7(6)5-10-3-2-9/h1,4H,2-3,5,9H2. The zero-order valence-corrected chi connectivity index (χ0v) is 8.45. The monoisotopic (exact) mass is 235 g/mol. The molecule has 0 aliphatic rings. The predicted octanol–water partition coefficient (Wildman–Crippen LogP) is 1.99. The van der Waals surface area contributed by atoms with Gasteiger partial charge in [0, 0.05) is 15.9 Å². The molecule has 1 aromatic heterocycles. The second-order valence-electron chi connectivity index (χ2n) is 2.03. The highest BCUT2D eigenvalue weighted by Gasteiger charge is 1.99. The number of halogens is 1. The van der Waals surface area contributed by atoms with Crippen LogP contribution >= 0.6 is 27.3 Å². The van der Waals surface area contributed by atoms with Crippen molar-refractivity contribution in [2.45, 2.75) is 6.61 Å². The summed E-state index contributed by atoms with van der Waals surface area (Å²) in [7, 11) is 0. The van der Waals surface area contributed by atoms with Crippen molar-refractivity contribution >= 4 is 27.3 Å².